The summed E-state index contributed by atoms with van der Waals surface area (Å²) in [5.41, 5.74) is 2.79. The molecule has 9 heteroatoms. The Labute approximate surface area is 205 Å². The van der Waals surface area contributed by atoms with Crippen molar-refractivity contribution in [2.45, 2.75) is 57.5 Å². The number of aryl methyl sites for hydroxylation is 1. The molecule has 8 nitrogen and oxygen atoms in total. The molecule has 0 bridgehead atoms. The lowest BCUT2D eigenvalue weighted by molar-refractivity contribution is 0.102. The summed E-state index contributed by atoms with van der Waals surface area (Å²) >= 11 is 0.997. The number of unbranched alkanes of at least 4 members (excludes halogenated alkanes) is 5. The molecule has 0 radical (unpaired) electrons. The summed E-state index contributed by atoms with van der Waals surface area (Å²) in [6, 6.07) is 14.6. The minimum absolute atomic E-state index is 0.103. The first-order chi connectivity index (χ1) is 16.5. The second kappa shape index (κ2) is 12.9. The van der Waals surface area contributed by atoms with E-state index in [0.29, 0.717) is 28.6 Å². The van der Waals surface area contributed by atoms with Gasteiger partial charge in [-0.2, -0.15) is 4.68 Å². The fourth-order valence-electron chi connectivity index (χ4n) is 3.52. The molecule has 3 aromatic rings. The Morgan fingerprint density at radius 2 is 1.79 bits per heavy atom. The fourth-order valence-corrected chi connectivity index (χ4v) is 4.23. The van der Waals surface area contributed by atoms with Crippen LogP contribution in [0.25, 0.3) is 5.69 Å². The number of hydrogen-bond acceptors (Lipinski definition) is 6. The highest BCUT2D eigenvalue weighted by Crippen LogP contribution is 2.23. The summed E-state index contributed by atoms with van der Waals surface area (Å²) < 4.78 is 1.50. The van der Waals surface area contributed by atoms with E-state index in [-0.39, 0.29) is 11.1 Å². The monoisotopic (exact) mass is 480 g/mol. The van der Waals surface area contributed by atoms with Crippen LogP contribution in [0, 0.1) is 6.92 Å². The van der Waals surface area contributed by atoms with Crippen LogP contribution in [-0.2, 0) is 0 Å². The van der Waals surface area contributed by atoms with Crippen molar-refractivity contribution in [1.29, 1.82) is 0 Å². The molecule has 3 rings (SSSR count). The molecule has 1 aromatic heterocycles. The Kier molecular flexibility index (Phi) is 9.63. The maximum atomic E-state index is 12.7. The summed E-state index contributed by atoms with van der Waals surface area (Å²) in [6.45, 7) is 4.81. The van der Waals surface area contributed by atoms with E-state index >= 15 is 0 Å². The molecule has 0 spiro atoms. The predicted octanol–water partition coefficient (Wildman–Crippen LogP) is 5.73. The third-order valence-corrected chi connectivity index (χ3v) is 6.44. The van der Waals surface area contributed by atoms with Gasteiger partial charge in [-0.25, -0.2) is 0 Å². The van der Waals surface area contributed by atoms with Gasteiger partial charge in [-0.1, -0.05) is 63.3 Å². The van der Waals surface area contributed by atoms with E-state index in [4.69, 9.17) is 0 Å². The molecule has 0 fully saturated rings. The molecule has 0 aliphatic rings. The molecular weight excluding hydrogens is 448 g/mol. The zero-order chi connectivity index (χ0) is 24.3. The van der Waals surface area contributed by atoms with Crippen LogP contribution < -0.4 is 5.32 Å². The van der Waals surface area contributed by atoms with E-state index in [0.717, 1.165) is 30.2 Å². The lowest BCUT2D eigenvalue weighted by atomic mass is 10.1. The topological polar surface area (TPSA) is 93.0 Å². The Hall–Kier alpha value is -3.20. The molecule has 0 atom stereocenters. The molecule has 0 unspecified atom stereocenters. The average molecular weight is 481 g/mol. The van der Waals surface area contributed by atoms with Gasteiger partial charge in [0.05, 0.1) is 5.69 Å². The van der Waals surface area contributed by atoms with Crippen molar-refractivity contribution in [3.8, 4) is 5.69 Å². The van der Waals surface area contributed by atoms with Crippen molar-refractivity contribution in [2.75, 3.05) is 18.9 Å². The number of anilines is 1. The van der Waals surface area contributed by atoms with E-state index in [9.17, 15) is 9.59 Å². The van der Waals surface area contributed by atoms with Crippen LogP contribution >= 0.6 is 11.8 Å². The number of thioether (sulfide) groups is 1. The summed E-state index contributed by atoms with van der Waals surface area (Å²) in [4.78, 5) is 27.1. The third kappa shape index (κ3) is 7.15. The molecule has 0 saturated carbocycles. The number of carbonyl (C=O) groups is 2. The molecule has 0 aliphatic heterocycles. The van der Waals surface area contributed by atoms with Crippen LogP contribution in [-0.4, -0.2) is 49.8 Å². The Bertz CT molecular complexity index is 1100. The quantitative estimate of drug-likeness (QED) is 0.278. The maximum Gasteiger partial charge on any atom is 0.289 e. The highest BCUT2D eigenvalue weighted by atomic mass is 32.2. The van der Waals surface area contributed by atoms with Gasteiger partial charge >= 0.3 is 0 Å². The van der Waals surface area contributed by atoms with Crippen molar-refractivity contribution < 1.29 is 9.59 Å². The van der Waals surface area contributed by atoms with E-state index in [2.05, 4.69) is 27.8 Å². The van der Waals surface area contributed by atoms with E-state index in [1.54, 1.807) is 30.1 Å². The smallest absolute Gasteiger partial charge is 0.289 e. The number of tetrazole rings is 1. The number of hydrogen-bond donors (Lipinski definition) is 1. The highest BCUT2D eigenvalue weighted by molar-refractivity contribution is 8.13. The van der Waals surface area contributed by atoms with Gasteiger partial charge in [0.15, 0.2) is 0 Å². The third-order valence-electron chi connectivity index (χ3n) is 5.52. The number of benzene rings is 2. The number of nitrogens with zero attached hydrogens (tertiary/aromatic N) is 5. The van der Waals surface area contributed by atoms with Gasteiger partial charge in [0.2, 0.25) is 5.16 Å². The van der Waals surface area contributed by atoms with E-state index < -0.39 is 0 Å². The van der Waals surface area contributed by atoms with Crippen LogP contribution in [0.1, 0.15) is 61.4 Å². The molecule has 2 amide bonds. The average Bonchev–Trinajstić information content (AvgIpc) is 3.29. The van der Waals surface area contributed by atoms with Crippen LogP contribution in [0.15, 0.2) is 53.7 Å². The van der Waals surface area contributed by atoms with Crippen LogP contribution in [0.2, 0.25) is 0 Å². The molecular formula is C25H32N6O2S. The Morgan fingerprint density at radius 1 is 1.03 bits per heavy atom. The summed E-state index contributed by atoms with van der Waals surface area (Å²) in [6.07, 6.45) is 7.07. The molecule has 2 aromatic carbocycles. The normalized spacial score (nSPS) is 10.8. The number of aromatic nitrogens is 4. The summed E-state index contributed by atoms with van der Waals surface area (Å²) in [7, 11) is 1.80. The minimum atomic E-state index is -0.187. The van der Waals surface area contributed by atoms with Crippen molar-refractivity contribution in [3.05, 3.63) is 59.7 Å². The van der Waals surface area contributed by atoms with E-state index in [1.807, 2.05) is 37.3 Å². The van der Waals surface area contributed by atoms with E-state index in [1.165, 1.54) is 30.4 Å². The Balaban J connectivity index is 1.61. The van der Waals surface area contributed by atoms with Crippen molar-refractivity contribution in [3.63, 3.8) is 0 Å². The first-order valence-electron chi connectivity index (χ1n) is 11.7. The van der Waals surface area contributed by atoms with Crippen LogP contribution in [0.3, 0.4) is 0 Å². The van der Waals surface area contributed by atoms with Crippen LogP contribution in [0.5, 0.6) is 0 Å². The number of carbonyl (C=O) groups excluding carboxylic acids is 2. The van der Waals surface area contributed by atoms with Crippen LogP contribution in [0.4, 0.5) is 10.5 Å². The van der Waals surface area contributed by atoms with Crippen molar-refractivity contribution in [2.24, 2.45) is 0 Å². The summed E-state index contributed by atoms with van der Waals surface area (Å²) in [5.74, 6) is -0.187. The molecule has 0 saturated heterocycles. The van der Waals surface area contributed by atoms with Gasteiger partial charge in [0.25, 0.3) is 11.1 Å². The Morgan fingerprint density at radius 3 is 2.59 bits per heavy atom. The van der Waals surface area contributed by atoms with Crippen molar-refractivity contribution in [1.82, 2.24) is 25.1 Å². The first-order valence-corrected chi connectivity index (χ1v) is 12.5. The highest BCUT2D eigenvalue weighted by Gasteiger charge is 2.18. The number of rotatable bonds is 11. The summed E-state index contributed by atoms with van der Waals surface area (Å²) in [5, 5.41) is 15.0. The molecule has 1 heterocycles. The minimum Gasteiger partial charge on any atom is -0.336 e. The fraction of sp³-hybridized carbons (Fsp3) is 0.400. The lowest BCUT2D eigenvalue weighted by Crippen LogP contribution is -2.24. The second-order valence-corrected chi connectivity index (χ2v) is 9.17. The van der Waals surface area contributed by atoms with Gasteiger partial charge in [0, 0.05) is 36.6 Å². The van der Waals surface area contributed by atoms with Crippen molar-refractivity contribution >= 4 is 28.6 Å². The molecule has 34 heavy (non-hydrogen) atoms. The standard InChI is InChI=1S/C25H32N6O2S/c1-4-5-6-7-8-11-17-30(3)25(33)34-24-27-28-29-31(24)21-15-12-14-20(18-21)26-23(32)22-16-10-9-13-19(22)2/h9-10,12-16,18H,4-8,11,17H2,1-3H3,(H,26,32). The molecule has 1 N–H and O–H groups in total. The first kappa shape index (κ1) is 25.4. The second-order valence-electron chi connectivity index (χ2n) is 8.25. The van der Waals surface area contributed by atoms with Gasteiger partial charge in [0.1, 0.15) is 0 Å². The molecule has 0 aliphatic carbocycles. The van der Waals surface area contributed by atoms with Gasteiger partial charge in [-0.15, -0.1) is 5.10 Å². The predicted molar refractivity (Wildman–Crippen MR) is 136 cm³/mol. The van der Waals surface area contributed by atoms with Gasteiger partial charge in [-0.05, 0) is 53.6 Å². The number of amides is 2. The maximum absolute atomic E-state index is 12.7. The zero-order valence-electron chi connectivity index (χ0n) is 20.0. The number of nitrogens with one attached hydrogen (secondary N) is 1. The lowest BCUT2D eigenvalue weighted by Gasteiger charge is -2.16. The van der Waals surface area contributed by atoms with Gasteiger partial charge < -0.3 is 10.2 Å². The largest absolute Gasteiger partial charge is 0.336 e. The van der Waals surface area contributed by atoms with Gasteiger partial charge in [-0.3, -0.25) is 9.59 Å². The SMILES string of the molecule is CCCCCCCCN(C)C(=O)Sc1nnnn1-c1cccc(NC(=O)c2ccccc2C)c1. The zero-order valence-corrected chi connectivity index (χ0v) is 20.8. The molecule has 180 valence electrons.